The lowest BCUT2D eigenvalue weighted by Crippen LogP contribution is -2.17. The molecule has 2 rings (SSSR count). The van der Waals surface area contributed by atoms with Gasteiger partial charge >= 0.3 is 5.97 Å². The standard InChI is InChI=1S/C20H25NO7S/c1-12(2)13-7-8-16(25-3)19(9-13)29(23,24)21-15-11-18(27-5)17(26-4)10-14(15)20(22)28-6/h7-12,21H,1-6H3. The van der Waals surface area contributed by atoms with Crippen LogP contribution in [0, 0.1) is 0 Å². The summed E-state index contributed by atoms with van der Waals surface area (Å²) >= 11 is 0. The van der Waals surface area contributed by atoms with Gasteiger partial charge in [-0.2, -0.15) is 0 Å². The molecular weight excluding hydrogens is 398 g/mol. The molecule has 0 heterocycles. The van der Waals surface area contributed by atoms with Gasteiger partial charge < -0.3 is 18.9 Å². The quantitative estimate of drug-likeness (QED) is 0.649. The fourth-order valence-electron chi connectivity index (χ4n) is 2.70. The molecule has 158 valence electrons. The Kier molecular flexibility index (Phi) is 6.97. The van der Waals surface area contributed by atoms with Crippen LogP contribution in [0.25, 0.3) is 0 Å². The highest BCUT2D eigenvalue weighted by molar-refractivity contribution is 7.92. The Balaban J connectivity index is 2.63. The van der Waals surface area contributed by atoms with Gasteiger partial charge in [0.1, 0.15) is 10.6 Å². The third kappa shape index (κ3) is 4.73. The van der Waals surface area contributed by atoms with E-state index in [-0.39, 0.29) is 39.3 Å². The number of esters is 1. The minimum atomic E-state index is -4.10. The molecule has 0 radical (unpaired) electrons. The summed E-state index contributed by atoms with van der Waals surface area (Å²) in [6.07, 6.45) is 0. The van der Waals surface area contributed by atoms with Gasteiger partial charge in [0.15, 0.2) is 11.5 Å². The molecule has 9 heteroatoms. The molecule has 0 aliphatic rings. The molecular formula is C20H25NO7S. The van der Waals surface area contributed by atoms with Crippen molar-refractivity contribution in [3.8, 4) is 17.2 Å². The van der Waals surface area contributed by atoms with Gasteiger partial charge in [0.05, 0.1) is 39.7 Å². The van der Waals surface area contributed by atoms with Crippen molar-refractivity contribution in [1.29, 1.82) is 0 Å². The van der Waals surface area contributed by atoms with Crippen molar-refractivity contribution in [3.05, 3.63) is 41.5 Å². The van der Waals surface area contributed by atoms with Crippen molar-refractivity contribution >= 4 is 21.7 Å². The lowest BCUT2D eigenvalue weighted by molar-refractivity contribution is 0.0601. The fraction of sp³-hybridized carbons (Fsp3) is 0.350. The van der Waals surface area contributed by atoms with E-state index in [1.807, 2.05) is 13.8 Å². The van der Waals surface area contributed by atoms with Crippen LogP contribution in [-0.4, -0.2) is 42.8 Å². The zero-order chi connectivity index (χ0) is 21.8. The number of ether oxygens (including phenoxy) is 4. The van der Waals surface area contributed by atoms with Crippen LogP contribution in [-0.2, 0) is 14.8 Å². The summed E-state index contributed by atoms with van der Waals surface area (Å²) in [5.74, 6) is 0.0751. The van der Waals surface area contributed by atoms with E-state index in [1.165, 1.54) is 40.6 Å². The van der Waals surface area contributed by atoms with Crippen LogP contribution in [0.15, 0.2) is 35.2 Å². The van der Waals surface area contributed by atoms with Gasteiger partial charge in [-0.1, -0.05) is 19.9 Å². The number of sulfonamides is 1. The Morgan fingerprint density at radius 3 is 2.00 bits per heavy atom. The van der Waals surface area contributed by atoms with Crippen molar-refractivity contribution in [2.45, 2.75) is 24.7 Å². The molecule has 0 saturated heterocycles. The summed E-state index contributed by atoms with van der Waals surface area (Å²) in [6, 6.07) is 7.66. The first-order valence-electron chi connectivity index (χ1n) is 8.73. The van der Waals surface area contributed by atoms with Crippen LogP contribution < -0.4 is 18.9 Å². The number of nitrogens with one attached hydrogen (secondary N) is 1. The lowest BCUT2D eigenvalue weighted by atomic mass is 10.0. The van der Waals surface area contributed by atoms with Crippen molar-refractivity contribution in [3.63, 3.8) is 0 Å². The van der Waals surface area contributed by atoms with E-state index in [2.05, 4.69) is 4.72 Å². The summed E-state index contributed by atoms with van der Waals surface area (Å²) in [7, 11) is 1.30. The first-order valence-corrected chi connectivity index (χ1v) is 10.2. The Hall–Kier alpha value is -2.94. The van der Waals surface area contributed by atoms with Crippen molar-refractivity contribution in [2.24, 2.45) is 0 Å². The number of hydrogen-bond acceptors (Lipinski definition) is 7. The Morgan fingerprint density at radius 1 is 0.897 bits per heavy atom. The van der Waals surface area contributed by atoms with Gasteiger partial charge in [-0.3, -0.25) is 4.72 Å². The predicted octanol–water partition coefficient (Wildman–Crippen LogP) is 3.42. The number of hydrogen-bond donors (Lipinski definition) is 1. The molecule has 8 nitrogen and oxygen atoms in total. The van der Waals surface area contributed by atoms with Crippen molar-refractivity contribution < 1.29 is 32.2 Å². The molecule has 0 saturated carbocycles. The lowest BCUT2D eigenvalue weighted by Gasteiger charge is -2.17. The molecule has 0 unspecified atom stereocenters. The first kappa shape index (κ1) is 22.4. The molecule has 29 heavy (non-hydrogen) atoms. The largest absolute Gasteiger partial charge is 0.495 e. The predicted molar refractivity (Wildman–Crippen MR) is 109 cm³/mol. The molecule has 0 bridgehead atoms. The second-order valence-corrected chi connectivity index (χ2v) is 8.07. The maximum atomic E-state index is 13.2. The van der Waals surface area contributed by atoms with Gasteiger partial charge in [-0.05, 0) is 23.6 Å². The van der Waals surface area contributed by atoms with E-state index >= 15 is 0 Å². The summed E-state index contributed by atoms with van der Waals surface area (Å²) < 4.78 is 49.2. The van der Waals surface area contributed by atoms with E-state index in [0.717, 1.165) is 5.56 Å². The Morgan fingerprint density at radius 2 is 1.48 bits per heavy atom. The molecule has 0 fully saturated rings. The average molecular weight is 423 g/mol. The van der Waals surface area contributed by atoms with E-state index in [0.29, 0.717) is 0 Å². The smallest absolute Gasteiger partial charge is 0.340 e. The molecule has 0 aliphatic heterocycles. The average Bonchev–Trinajstić information content (AvgIpc) is 2.71. The number of methoxy groups -OCH3 is 4. The summed E-state index contributed by atoms with van der Waals surface area (Å²) in [6.45, 7) is 3.91. The molecule has 0 spiro atoms. The maximum absolute atomic E-state index is 13.2. The fourth-order valence-corrected chi connectivity index (χ4v) is 3.98. The first-order chi connectivity index (χ1) is 13.7. The second kappa shape index (κ2) is 9.04. The molecule has 0 aliphatic carbocycles. The zero-order valence-corrected chi connectivity index (χ0v) is 18.0. The topological polar surface area (TPSA) is 100 Å². The molecule has 1 N–H and O–H groups in total. The van der Waals surface area contributed by atoms with Crippen LogP contribution in [0.3, 0.4) is 0 Å². The third-order valence-electron chi connectivity index (χ3n) is 4.32. The molecule has 2 aromatic carbocycles. The zero-order valence-electron chi connectivity index (χ0n) is 17.2. The number of anilines is 1. The monoisotopic (exact) mass is 423 g/mol. The van der Waals surface area contributed by atoms with Gasteiger partial charge in [0.2, 0.25) is 0 Å². The number of rotatable bonds is 8. The highest BCUT2D eigenvalue weighted by Gasteiger charge is 2.25. The minimum absolute atomic E-state index is 0.00787. The number of benzene rings is 2. The number of carbonyl (C=O) groups excluding carboxylic acids is 1. The highest BCUT2D eigenvalue weighted by Crippen LogP contribution is 2.36. The SMILES string of the molecule is COC(=O)c1cc(OC)c(OC)cc1NS(=O)(=O)c1cc(C(C)C)ccc1OC. The van der Waals surface area contributed by atoms with E-state index in [1.54, 1.807) is 18.2 Å². The summed E-state index contributed by atoms with van der Waals surface area (Å²) in [5, 5.41) is 0. The van der Waals surface area contributed by atoms with Crippen molar-refractivity contribution in [1.82, 2.24) is 0 Å². The van der Waals surface area contributed by atoms with E-state index in [9.17, 15) is 13.2 Å². The number of carbonyl (C=O) groups is 1. The molecule has 0 aromatic heterocycles. The van der Waals surface area contributed by atoms with Gasteiger partial charge in [-0.25, -0.2) is 13.2 Å². The van der Waals surface area contributed by atoms with Gasteiger partial charge in [0, 0.05) is 12.1 Å². The molecule has 0 atom stereocenters. The third-order valence-corrected chi connectivity index (χ3v) is 5.70. The molecule has 2 aromatic rings. The van der Waals surface area contributed by atoms with Crippen LogP contribution in [0.5, 0.6) is 17.2 Å². The van der Waals surface area contributed by atoms with Crippen LogP contribution in [0.2, 0.25) is 0 Å². The summed E-state index contributed by atoms with van der Waals surface area (Å²) in [4.78, 5) is 12.2. The van der Waals surface area contributed by atoms with Gasteiger partial charge in [0.25, 0.3) is 10.0 Å². The van der Waals surface area contributed by atoms with Crippen LogP contribution in [0.4, 0.5) is 5.69 Å². The normalized spacial score (nSPS) is 11.1. The Labute approximate surface area is 170 Å². The van der Waals surface area contributed by atoms with Crippen molar-refractivity contribution in [2.75, 3.05) is 33.2 Å². The van der Waals surface area contributed by atoms with E-state index < -0.39 is 16.0 Å². The van der Waals surface area contributed by atoms with E-state index in [4.69, 9.17) is 18.9 Å². The maximum Gasteiger partial charge on any atom is 0.340 e. The highest BCUT2D eigenvalue weighted by atomic mass is 32.2. The molecule has 0 amide bonds. The van der Waals surface area contributed by atoms with Crippen LogP contribution >= 0.6 is 0 Å². The second-order valence-electron chi connectivity index (χ2n) is 6.41. The Bertz CT molecular complexity index is 1000. The summed E-state index contributed by atoms with van der Waals surface area (Å²) in [5.41, 5.74) is 0.797. The van der Waals surface area contributed by atoms with Crippen LogP contribution in [0.1, 0.15) is 35.7 Å². The van der Waals surface area contributed by atoms with Gasteiger partial charge in [-0.15, -0.1) is 0 Å². The minimum Gasteiger partial charge on any atom is -0.495 e.